The Kier molecular flexibility index (Phi) is 4.14. The van der Waals surface area contributed by atoms with Crippen molar-refractivity contribution in [3.63, 3.8) is 0 Å². The van der Waals surface area contributed by atoms with Crippen LogP contribution >= 0.6 is 0 Å². The molecule has 0 fully saturated rings. The Bertz CT molecular complexity index is 853. The summed E-state index contributed by atoms with van der Waals surface area (Å²) in [5.41, 5.74) is 2.95. The van der Waals surface area contributed by atoms with Crippen molar-refractivity contribution in [3.05, 3.63) is 54.1 Å². The molecular formula is C17H15N3O3. The highest BCUT2D eigenvalue weighted by Crippen LogP contribution is 2.17. The summed E-state index contributed by atoms with van der Waals surface area (Å²) in [7, 11) is 0. The molecule has 0 bridgehead atoms. The van der Waals surface area contributed by atoms with Crippen molar-refractivity contribution in [1.82, 2.24) is 15.0 Å². The number of carbonyl (C=O) groups excluding carboxylic acids is 2. The van der Waals surface area contributed by atoms with Gasteiger partial charge in [-0.25, -0.2) is 4.68 Å². The second kappa shape index (κ2) is 6.39. The molecule has 3 aromatic rings. The SMILES string of the molecule is CCOC(=O)CC(=O)c1ccc(-n2nnc3ccccc32)cc1. The van der Waals surface area contributed by atoms with Crippen LogP contribution in [0.3, 0.4) is 0 Å². The molecule has 23 heavy (non-hydrogen) atoms. The zero-order chi connectivity index (χ0) is 16.2. The number of ether oxygens (including phenoxy) is 1. The van der Waals surface area contributed by atoms with E-state index in [0.29, 0.717) is 5.56 Å². The van der Waals surface area contributed by atoms with Gasteiger partial charge in [-0.1, -0.05) is 17.3 Å². The van der Waals surface area contributed by atoms with E-state index in [0.717, 1.165) is 16.7 Å². The Balaban J connectivity index is 1.82. The normalized spacial score (nSPS) is 10.7. The maximum atomic E-state index is 12.0. The van der Waals surface area contributed by atoms with Gasteiger partial charge in [-0.3, -0.25) is 9.59 Å². The monoisotopic (exact) mass is 309 g/mol. The molecule has 116 valence electrons. The largest absolute Gasteiger partial charge is 0.466 e. The highest BCUT2D eigenvalue weighted by molar-refractivity contribution is 6.06. The molecule has 2 aromatic carbocycles. The van der Waals surface area contributed by atoms with E-state index in [9.17, 15) is 9.59 Å². The number of aromatic nitrogens is 3. The van der Waals surface area contributed by atoms with Crippen LogP contribution in [0.4, 0.5) is 0 Å². The number of hydrogen-bond acceptors (Lipinski definition) is 5. The van der Waals surface area contributed by atoms with E-state index in [2.05, 4.69) is 10.3 Å². The van der Waals surface area contributed by atoms with Gasteiger partial charge in [-0.15, -0.1) is 5.10 Å². The molecule has 1 heterocycles. The molecule has 0 unspecified atom stereocenters. The fourth-order valence-electron chi connectivity index (χ4n) is 2.29. The van der Waals surface area contributed by atoms with Gasteiger partial charge in [0.2, 0.25) is 0 Å². The second-order valence-corrected chi connectivity index (χ2v) is 4.94. The molecule has 0 aliphatic carbocycles. The van der Waals surface area contributed by atoms with Gasteiger partial charge in [0.25, 0.3) is 0 Å². The van der Waals surface area contributed by atoms with E-state index < -0.39 is 5.97 Å². The fraction of sp³-hybridized carbons (Fsp3) is 0.176. The summed E-state index contributed by atoms with van der Waals surface area (Å²) < 4.78 is 6.49. The molecule has 0 amide bonds. The van der Waals surface area contributed by atoms with Gasteiger partial charge in [0.15, 0.2) is 5.78 Å². The summed E-state index contributed by atoms with van der Waals surface area (Å²) >= 11 is 0. The van der Waals surface area contributed by atoms with Crippen LogP contribution in [0.1, 0.15) is 23.7 Å². The molecule has 3 rings (SSSR count). The minimum atomic E-state index is -0.510. The third-order valence-corrected chi connectivity index (χ3v) is 3.40. The zero-order valence-electron chi connectivity index (χ0n) is 12.6. The molecule has 0 spiro atoms. The molecule has 6 heteroatoms. The van der Waals surface area contributed by atoms with Crippen LogP contribution in [0.25, 0.3) is 16.7 Å². The Hall–Kier alpha value is -3.02. The number of esters is 1. The summed E-state index contributed by atoms with van der Waals surface area (Å²) in [6, 6.07) is 14.5. The molecule has 0 aliphatic rings. The Morgan fingerprint density at radius 2 is 1.83 bits per heavy atom. The lowest BCUT2D eigenvalue weighted by Gasteiger charge is -2.04. The highest BCUT2D eigenvalue weighted by Gasteiger charge is 2.13. The van der Waals surface area contributed by atoms with Gasteiger partial charge in [0.05, 0.1) is 17.8 Å². The molecular weight excluding hydrogens is 294 g/mol. The number of Topliss-reactive ketones (excluding diaryl/α,β-unsaturated/α-hetero) is 1. The summed E-state index contributed by atoms with van der Waals surface area (Å²) in [4.78, 5) is 23.4. The van der Waals surface area contributed by atoms with E-state index in [1.54, 1.807) is 35.9 Å². The van der Waals surface area contributed by atoms with Crippen molar-refractivity contribution in [2.45, 2.75) is 13.3 Å². The highest BCUT2D eigenvalue weighted by atomic mass is 16.5. The Labute approximate surface area is 132 Å². The molecule has 0 radical (unpaired) electrons. The third kappa shape index (κ3) is 3.11. The first kappa shape index (κ1) is 14.9. The molecule has 0 atom stereocenters. The molecule has 6 nitrogen and oxygen atoms in total. The third-order valence-electron chi connectivity index (χ3n) is 3.40. The van der Waals surface area contributed by atoms with E-state index in [1.807, 2.05) is 24.3 Å². The summed E-state index contributed by atoms with van der Waals surface area (Å²) in [5.74, 6) is -0.776. The summed E-state index contributed by atoms with van der Waals surface area (Å²) in [6.45, 7) is 1.98. The van der Waals surface area contributed by atoms with Crippen molar-refractivity contribution in [2.75, 3.05) is 6.61 Å². The molecule has 0 N–H and O–H groups in total. The fourth-order valence-corrected chi connectivity index (χ4v) is 2.29. The molecule has 0 saturated carbocycles. The maximum Gasteiger partial charge on any atom is 0.313 e. The number of rotatable bonds is 5. The lowest BCUT2D eigenvalue weighted by atomic mass is 10.1. The van der Waals surface area contributed by atoms with Crippen molar-refractivity contribution >= 4 is 22.8 Å². The standard InChI is InChI=1S/C17H15N3O3/c1-2-23-17(22)11-16(21)12-7-9-13(10-8-12)20-15-6-4-3-5-14(15)18-19-20/h3-10H,2,11H2,1H3. The van der Waals surface area contributed by atoms with Gasteiger partial charge in [0, 0.05) is 5.56 Å². The summed E-state index contributed by atoms with van der Waals surface area (Å²) in [6.07, 6.45) is -0.251. The van der Waals surface area contributed by atoms with Crippen LogP contribution in [0, 0.1) is 0 Å². The van der Waals surface area contributed by atoms with Crippen molar-refractivity contribution < 1.29 is 14.3 Å². The smallest absolute Gasteiger partial charge is 0.313 e. The van der Waals surface area contributed by atoms with Gasteiger partial charge in [-0.05, 0) is 43.3 Å². The number of para-hydroxylation sites is 1. The first-order chi connectivity index (χ1) is 11.2. The zero-order valence-corrected chi connectivity index (χ0v) is 12.6. The van der Waals surface area contributed by atoms with Gasteiger partial charge in [0.1, 0.15) is 11.9 Å². The average Bonchev–Trinajstić information content (AvgIpc) is 2.99. The van der Waals surface area contributed by atoms with Gasteiger partial charge >= 0.3 is 5.97 Å². The van der Waals surface area contributed by atoms with Crippen LogP contribution in [0.15, 0.2) is 48.5 Å². The summed E-state index contributed by atoms with van der Waals surface area (Å²) in [5, 5.41) is 8.22. The average molecular weight is 309 g/mol. The topological polar surface area (TPSA) is 74.1 Å². The van der Waals surface area contributed by atoms with E-state index in [4.69, 9.17) is 4.74 Å². The molecule has 0 aliphatic heterocycles. The van der Waals surface area contributed by atoms with Crippen molar-refractivity contribution in [1.29, 1.82) is 0 Å². The predicted molar refractivity (Wildman–Crippen MR) is 84.4 cm³/mol. The number of nitrogens with zero attached hydrogens (tertiary/aromatic N) is 3. The lowest BCUT2D eigenvalue weighted by molar-refractivity contribution is -0.141. The van der Waals surface area contributed by atoms with E-state index >= 15 is 0 Å². The van der Waals surface area contributed by atoms with E-state index in [-0.39, 0.29) is 18.8 Å². The van der Waals surface area contributed by atoms with Crippen molar-refractivity contribution in [2.24, 2.45) is 0 Å². The minimum Gasteiger partial charge on any atom is -0.466 e. The van der Waals surface area contributed by atoms with Crippen LogP contribution < -0.4 is 0 Å². The maximum absolute atomic E-state index is 12.0. The van der Waals surface area contributed by atoms with E-state index in [1.165, 1.54) is 0 Å². The lowest BCUT2D eigenvalue weighted by Crippen LogP contribution is -2.11. The first-order valence-electron chi connectivity index (χ1n) is 7.28. The van der Waals surface area contributed by atoms with Gasteiger partial charge in [-0.2, -0.15) is 0 Å². The van der Waals surface area contributed by atoms with Gasteiger partial charge < -0.3 is 4.74 Å². The second-order valence-electron chi connectivity index (χ2n) is 4.94. The number of hydrogen-bond donors (Lipinski definition) is 0. The van der Waals surface area contributed by atoms with Crippen LogP contribution in [-0.2, 0) is 9.53 Å². The molecule has 0 saturated heterocycles. The number of benzene rings is 2. The Morgan fingerprint density at radius 1 is 1.09 bits per heavy atom. The number of fused-ring (bicyclic) bond motifs is 1. The quantitative estimate of drug-likeness (QED) is 0.411. The number of ketones is 1. The Morgan fingerprint density at radius 3 is 2.57 bits per heavy atom. The van der Waals surface area contributed by atoms with Crippen molar-refractivity contribution in [3.8, 4) is 5.69 Å². The van der Waals surface area contributed by atoms with Crippen LogP contribution in [-0.4, -0.2) is 33.4 Å². The number of carbonyl (C=O) groups is 2. The first-order valence-corrected chi connectivity index (χ1v) is 7.28. The minimum absolute atomic E-state index is 0.251. The molecule has 1 aromatic heterocycles. The van der Waals surface area contributed by atoms with Crippen LogP contribution in [0.2, 0.25) is 0 Å². The predicted octanol–water partition coefficient (Wildman–Crippen LogP) is 2.56. The van der Waals surface area contributed by atoms with Crippen LogP contribution in [0.5, 0.6) is 0 Å².